The Kier molecular flexibility index (Phi) is 5.31. The summed E-state index contributed by atoms with van der Waals surface area (Å²) in [5, 5.41) is 6.02. The van der Waals surface area contributed by atoms with Crippen molar-refractivity contribution in [3.63, 3.8) is 0 Å². The molecule has 0 bridgehead atoms. The van der Waals surface area contributed by atoms with E-state index in [1.807, 2.05) is 61.5 Å². The summed E-state index contributed by atoms with van der Waals surface area (Å²) < 4.78 is 5.73. The Morgan fingerprint density at radius 2 is 1.93 bits per heavy atom. The zero-order valence-corrected chi connectivity index (χ0v) is 16.5. The monoisotopic (exact) mass is 402 g/mol. The maximum Gasteiger partial charge on any atom is 0.257 e. The summed E-state index contributed by atoms with van der Waals surface area (Å²) in [7, 11) is 0. The molecule has 2 heterocycles. The molecule has 0 aliphatic rings. The number of nitrogens with one attached hydrogen (secondary N) is 2. The van der Waals surface area contributed by atoms with Crippen molar-refractivity contribution in [1.82, 2.24) is 20.6 Å². The third-order valence-corrected chi connectivity index (χ3v) is 4.57. The maximum absolute atomic E-state index is 12.2. The van der Waals surface area contributed by atoms with Crippen LogP contribution in [0.15, 0.2) is 71.3 Å². The van der Waals surface area contributed by atoms with Crippen molar-refractivity contribution >= 4 is 34.5 Å². The number of aryl methyl sites for hydroxylation is 1. The Hall–Kier alpha value is -3.58. The number of carbonyl (C=O) groups is 1. The lowest BCUT2D eigenvalue weighted by Crippen LogP contribution is -2.38. The van der Waals surface area contributed by atoms with Crippen LogP contribution in [-0.2, 0) is 6.54 Å². The third-order valence-electron chi connectivity index (χ3n) is 4.33. The lowest BCUT2D eigenvalue weighted by Gasteiger charge is -2.10. The van der Waals surface area contributed by atoms with Gasteiger partial charge in [0, 0.05) is 23.9 Å². The van der Waals surface area contributed by atoms with Crippen molar-refractivity contribution in [2.75, 3.05) is 0 Å². The molecule has 0 fully saturated rings. The fourth-order valence-electron chi connectivity index (χ4n) is 2.85. The molecule has 1 amide bonds. The molecule has 0 atom stereocenters. The highest BCUT2D eigenvalue weighted by molar-refractivity contribution is 7.80. The van der Waals surface area contributed by atoms with Crippen LogP contribution in [0.3, 0.4) is 0 Å². The molecule has 2 N–H and O–H groups in total. The lowest BCUT2D eigenvalue weighted by atomic mass is 10.1. The topological polar surface area (TPSA) is 80.0 Å². The van der Waals surface area contributed by atoms with Gasteiger partial charge in [0.2, 0.25) is 5.89 Å². The van der Waals surface area contributed by atoms with E-state index < -0.39 is 0 Å². The van der Waals surface area contributed by atoms with E-state index in [9.17, 15) is 4.79 Å². The summed E-state index contributed by atoms with van der Waals surface area (Å²) in [4.78, 5) is 20.8. The summed E-state index contributed by atoms with van der Waals surface area (Å²) in [5.74, 6) is 0.297. The Morgan fingerprint density at radius 1 is 1.10 bits per heavy atom. The van der Waals surface area contributed by atoms with E-state index in [1.54, 1.807) is 12.3 Å². The molecule has 0 aliphatic carbocycles. The quantitative estimate of drug-likeness (QED) is 0.502. The van der Waals surface area contributed by atoms with Gasteiger partial charge < -0.3 is 9.73 Å². The molecule has 4 aromatic rings. The van der Waals surface area contributed by atoms with Gasteiger partial charge in [-0.2, -0.15) is 4.98 Å². The highest BCUT2D eigenvalue weighted by Crippen LogP contribution is 2.23. The first-order valence-corrected chi connectivity index (χ1v) is 9.46. The second kappa shape index (κ2) is 8.20. The number of amides is 1. The number of fused-ring (bicyclic) bond motifs is 1. The number of hydrogen-bond acceptors (Lipinski definition) is 5. The van der Waals surface area contributed by atoms with Crippen molar-refractivity contribution in [2.45, 2.75) is 13.5 Å². The molecule has 7 heteroatoms. The molecule has 0 unspecified atom stereocenters. The van der Waals surface area contributed by atoms with Gasteiger partial charge in [0.05, 0.1) is 0 Å². The minimum atomic E-state index is -0.230. The zero-order valence-electron chi connectivity index (χ0n) is 15.7. The Labute approximate surface area is 173 Å². The van der Waals surface area contributed by atoms with Gasteiger partial charge in [0.1, 0.15) is 0 Å². The van der Waals surface area contributed by atoms with Crippen molar-refractivity contribution in [3.8, 4) is 11.5 Å². The molecule has 144 valence electrons. The number of thiocarbonyl (C=S) groups is 1. The minimum absolute atomic E-state index is 0.230. The van der Waals surface area contributed by atoms with Crippen LogP contribution in [0.1, 0.15) is 21.5 Å². The minimum Gasteiger partial charge on any atom is -0.434 e. The fraction of sp³-hybridized carbons (Fsp3) is 0.0909. The van der Waals surface area contributed by atoms with Crippen molar-refractivity contribution in [2.24, 2.45) is 0 Å². The molecule has 0 aliphatic heterocycles. The van der Waals surface area contributed by atoms with Crippen molar-refractivity contribution in [3.05, 3.63) is 83.6 Å². The van der Waals surface area contributed by atoms with Crippen molar-refractivity contribution < 1.29 is 9.21 Å². The predicted octanol–water partition coefficient (Wildman–Crippen LogP) is 4.00. The molecule has 0 spiro atoms. The first-order chi connectivity index (χ1) is 14.1. The Morgan fingerprint density at radius 3 is 2.69 bits per heavy atom. The van der Waals surface area contributed by atoms with Gasteiger partial charge in [-0.05, 0) is 61.1 Å². The Bertz CT molecular complexity index is 1150. The smallest absolute Gasteiger partial charge is 0.257 e. The summed E-state index contributed by atoms with van der Waals surface area (Å²) >= 11 is 5.23. The molecule has 0 saturated heterocycles. The average Bonchev–Trinajstić information content (AvgIpc) is 3.17. The highest BCUT2D eigenvalue weighted by Gasteiger charge is 2.10. The number of aromatic nitrogens is 2. The highest BCUT2D eigenvalue weighted by atomic mass is 32.1. The number of benzene rings is 2. The van der Waals surface area contributed by atoms with Crippen molar-refractivity contribution in [1.29, 1.82) is 0 Å². The van der Waals surface area contributed by atoms with Crippen LogP contribution in [0.5, 0.6) is 0 Å². The molecule has 29 heavy (non-hydrogen) atoms. The van der Waals surface area contributed by atoms with Gasteiger partial charge in [0.25, 0.3) is 5.91 Å². The summed E-state index contributed by atoms with van der Waals surface area (Å²) in [6.07, 6.45) is 1.68. The standard InChI is InChI=1S/C22H18N4O2S/c1-14-4-2-5-17(12-14)20(27)26-22(29)24-13-15-7-9-16(10-8-15)21-25-19-18(28-21)6-3-11-23-19/h2-12H,13H2,1H3,(H2,24,26,27,29). The van der Waals surface area contributed by atoms with Crippen LogP contribution in [0.2, 0.25) is 0 Å². The lowest BCUT2D eigenvalue weighted by molar-refractivity contribution is 0.0976. The van der Waals surface area contributed by atoms with Crippen LogP contribution < -0.4 is 10.6 Å². The summed E-state index contributed by atoms with van der Waals surface area (Å²) in [6.45, 7) is 2.43. The van der Waals surface area contributed by atoms with Gasteiger partial charge in [-0.1, -0.05) is 29.8 Å². The fourth-order valence-corrected chi connectivity index (χ4v) is 3.01. The van der Waals surface area contributed by atoms with Crippen LogP contribution in [0.25, 0.3) is 22.7 Å². The third kappa shape index (κ3) is 4.47. The molecule has 0 saturated carbocycles. The average molecular weight is 402 g/mol. The van der Waals surface area contributed by atoms with E-state index in [0.29, 0.717) is 29.2 Å². The van der Waals surface area contributed by atoms with Gasteiger partial charge in [0.15, 0.2) is 16.3 Å². The molecule has 2 aromatic carbocycles. The molecule has 2 aromatic heterocycles. The summed E-state index contributed by atoms with van der Waals surface area (Å²) in [5.41, 5.74) is 4.71. The second-order valence-electron chi connectivity index (χ2n) is 6.55. The van der Waals surface area contributed by atoms with Crippen LogP contribution in [0.4, 0.5) is 0 Å². The van der Waals surface area contributed by atoms with E-state index >= 15 is 0 Å². The van der Waals surface area contributed by atoms with Crippen LogP contribution in [0, 0.1) is 6.92 Å². The van der Waals surface area contributed by atoms with E-state index in [0.717, 1.165) is 16.7 Å². The van der Waals surface area contributed by atoms with E-state index in [1.165, 1.54) is 0 Å². The predicted molar refractivity (Wildman–Crippen MR) is 115 cm³/mol. The number of pyridine rings is 1. The second-order valence-corrected chi connectivity index (χ2v) is 6.96. The van der Waals surface area contributed by atoms with E-state index in [-0.39, 0.29) is 11.0 Å². The van der Waals surface area contributed by atoms with Gasteiger partial charge >= 0.3 is 0 Å². The maximum atomic E-state index is 12.2. The van der Waals surface area contributed by atoms with Crippen LogP contribution in [-0.4, -0.2) is 21.0 Å². The van der Waals surface area contributed by atoms with E-state index in [4.69, 9.17) is 16.6 Å². The Balaban J connectivity index is 1.35. The molecule has 4 rings (SSSR count). The number of hydrogen-bond donors (Lipinski definition) is 2. The first kappa shape index (κ1) is 18.8. The largest absolute Gasteiger partial charge is 0.434 e. The molecule has 0 radical (unpaired) electrons. The summed E-state index contributed by atoms with van der Waals surface area (Å²) in [6, 6.07) is 18.8. The molecular formula is C22H18N4O2S. The van der Waals surface area contributed by atoms with Gasteiger partial charge in [-0.15, -0.1) is 0 Å². The van der Waals surface area contributed by atoms with E-state index in [2.05, 4.69) is 20.6 Å². The normalized spacial score (nSPS) is 10.7. The van der Waals surface area contributed by atoms with Crippen LogP contribution >= 0.6 is 12.2 Å². The number of carbonyl (C=O) groups excluding carboxylic acids is 1. The SMILES string of the molecule is Cc1cccc(C(=O)NC(=S)NCc2ccc(-c3nc4ncccc4o3)cc2)c1. The number of oxazole rings is 1. The zero-order chi connectivity index (χ0) is 20.2. The van der Waals surface area contributed by atoms with Gasteiger partial charge in [-0.3, -0.25) is 10.1 Å². The molecule has 6 nitrogen and oxygen atoms in total. The number of rotatable bonds is 4. The number of nitrogens with zero attached hydrogens (tertiary/aromatic N) is 2. The molecular weight excluding hydrogens is 384 g/mol. The first-order valence-electron chi connectivity index (χ1n) is 9.05. The van der Waals surface area contributed by atoms with Gasteiger partial charge in [-0.25, -0.2) is 4.98 Å².